The molecular formula is C20H21ClF3N3O2. The first-order valence-corrected chi connectivity index (χ1v) is 9.43. The van der Waals surface area contributed by atoms with Gasteiger partial charge in [0.25, 0.3) is 0 Å². The fraction of sp³-hybridized carbons (Fsp3) is 0.350. The van der Waals surface area contributed by atoms with Crippen molar-refractivity contribution in [3.05, 3.63) is 58.6 Å². The second-order valence-corrected chi connectivity index (χ2v) is 7.06. The largest absolute Gasteiger partial charge is 0.495 e. The van der Waals surface area contributed by atoms with Crippen LogP contribution in [0.4, 0.5) is 23.7 Å². The smallest absolute Gasteiger partial charge is 0.416 e. The zero-order valence-corrected chi connectivity index (χ0v) is 16.6. The number of anilines is 1. The number of piperazine rings is 1. The number of benzene rings is 2. The topological polar surface area (TPSA) is 44.8 Å². The normalized spacial score (nSPS) is 14.7. The van der Waals surface area contributed by atoms with E-state index in [0.29, 0.717) is 49.2 Å². The highest BCUT2D eigenvalue weighted by molar-refractivity contribution is 6.32. The van der Waals surface area contributed by atoms with E-state index >= 15 is 0 Å². The fourth-order valence-electron chi connectivity index (χ4n) is 3.16. The molecule has 0 aromatic heterocycles. The summed E-state index contributed by atoms with van der Waals surface area (Å²) in [7, 11) is 1.53. The van der Waals surface area contributed by atoms with Crippen molar-refractivity contribution in [2.75, 3.05) is 38.2 Å². The molecule has 1 aliphatic rings. The molecular weight excluding hydrogens is 407 g/mol. The molecule has 156 valence electrons. The van der Waals surface area contributed by atoms with Crippen LogP contribution in [-0.2, 0) is 12.7 Å². The van der Waals surface area contributed by atoms with Crippen LogP contribution in [0.2, 0.25) is 5.02 Å². The van der Waals surface area contributed by atoms with Crippen LogP contribution in [0.25, 0.3) is 0 Å². The summed E-state index contributed by atoms with van der Waals surface area (Å²) >= 11 is 6.08. The molecule has 0 radical (unpaired) electrons. The third-order valence-electron chi connectivity index (χ3n) is 4.77. The van der Waals surface area contributed by atoms with Crippen molar-refractivity contribution in [3.8, 4) is 5.75 Å². The Morgan fingerprint density at radius 1 is 1.14 bits per heavy atom. The number of hydrogen-bond acceptors (Lipinski definition) is 3. The average molecular weight is 428 g/mol. The van der Waals surface area contributed by atoms with Crippen molar-refractivity contribution >= 4 is 23.3 Å². The number of urea groups is 1. The number of ether oxygens (including phenoxy) is 1. The number of methoxy groups -OCH3 is 1. The van der Waals surface area contributed by atoms with Gasteiger partial charge in [-0.3, -0.25) is 0 Å². The molecule has 1 fully saturated rings. The summed E-state index contributed by atoms with van der Waals surface area (Å²) in [5.74, 6) is 0.562. The maximum Gasteiger partial charge on any atom is 0.416 e. The quantitative estimate of drug-likeness (QED) is 0.786. The van der Waals surface area contributed by atoms with E-state index in [1.165, 1.54) is 13.2 Å². The van der Waals surface area contributed by atoms with Gasteiger partial charge < -0.3 is 19.9 Å². The van der Waals surface area contributed by atoms with Crippen LogP contribution < -0.4 is 15.0 Å². The summed E-state index contributed by atoms with van der Waals surface area (Å²) in [6.07, 6.45) is -4.37. The van der Waals surface area contributed by atoms with E-state index in [4.69, 9.17) is 16.3 Å². The summed E-state index contributed by atoms with van der Waals surface area (Å²) in [5.41, 5.74) is 0.674. The number of carbonyl (C=O) groups excluding carboxylic acids is 1. The van der Waals surface area contributed by atoms with Gasteiger partial charge in [0.1, 0.15) is 5.75 Å². The second kappa shape index (κ2) is 8.82. The highest BCUT2D eigenvalue weighted by Crippen LogP contribution is 2.32. The first-order valence-electron chi connectivity index (χ1n) is 9.05. The van der Waals surface area contributed by atoms with Gasteiger partial charge in [0, 0.05) is 38.4 Å². The van der Waals surface area contributed by atoms with Gasteiger partial charge >= 0.3 is 12.2 Å². The predicted octanol–water partition coefficient (Wildman–Crippen LogP) is 4.40. The van der Waals surface area contributed by atoms with Gasteiger partial charge in [-0.25, -0.2) is 4.79 Å². The van der Waals surface area contributed by atoms with E-state index in [2.05, 4.69) is 5.32 Å². The maximum absolute atomic E-state index is 12.9. The first-order chi connectivity index (χ1) is 13.8. The molecule has 2 aromatic rings. The lowest BCUT2D eigenvalue weighted by Gasteiger charge is -2.36. The molecule has 2 aromatic carbocycles. The number of nitrogens with one attached hydrogen (secondary N) is 1. The zero-order chi connectivity index (χ0) is 21.0. The molecule has 0 unspecified atom stereocenters. The molecule has 5 nitrogen and oxygen atoms in total. The molecule has 9 heteroatoms. The van der Waals surface area contributed by atoms with Gasteiger partial charge in [0.2, 0.25) is 0 Å². The Balaban J connectivity index is 1.53. The van der Waals surface area contributed by atoms with E-state index in [-0.39, 0.29) is 6.03 Å². The Morgan fingerprint density at radius 3 is 2.48 bits per heavy atom. The summed E-state index contributed by atoms with van der Waals surface area (Å²) in [4.78, 5) is 15.9. The molecule has 1 heterocycles. The minimum absolute atomic E-state index is 0.222. The molecule has 29 heavy (non-hydrogen) atoms. The SMILES string of the molecule is COc1ccc(CNC(=O)N2CCN(c3cccc(C(F)(F)F)c3)CC2)cc1Cl. The highest BCUT2D eigenvalue weighted by Gasteiger charge is 2.31. The lowest BCUT2D eigenvalue weighted by Crippen LogP contribution is -2.51. The molecule has 0 atom stereocenters. The van der Waals surface area contributed by atoms with Crippen LogP contribution in [0, 0.1) is 0 Å². The molecule has 1 N–H and O–H groups in total. The van der Waals surface area contributed by atoms with Crippen molar-refractivity contribution in [2.24, 2.45) is 0 Å². The molecule has 0 bridgehead atoms. The third-order valence-corrected chi connectivity index (χ3v) is 5.06. The number of rotatable bonds is 4. The van der Waals surface area contributed by atoms with Crippen LogP contribution in [-0.4, -0.2) is 44.2 Å². The lowest BCUT2D eigenvalue weighted by molar-refractivity contribution is -0.137. The molecule has 1 aliphatic heterocycles. The van der Waals surface area contributed by atoms with Gasteiger partial charge in [0.15, 0.2) is 0 Å². The van der Waals surface area contributed by atoms with Crippen LogP contribution in [0.15, 0.2) is 42.5 Å². The van der Waals surface area contributed by atoms with Crippen LogP contribution >= 0.6 is 11.6 Å². The molecule has 1 saturated heterocycles. The Bertz CT molecular complexity index is 868. The summed E-state index contributed by atoms with van der Waals surface area (Å²) in [6, 6.07) is 10.3. The number of halogens is 4. The van der Waals surface area contributed by atoms with Gasteiger partial charge in [-0.15, -0.1) is 0 Å². The van der Waals surface area contributed by atoms with Gasteiger partial charge in [-0.1, -0.05) is 23.7 Å². The molecule has 2 amide bonds. The minimum atomic E-state index is -4.37. The van der Waals surface area contributed by atoms with E-state index in [0.717, 1.165) is 17.7 Å². The van der Waals surface area contributed by atoms with Crippen molar-refractivity contribution in [3.63, 3.8) is 0 Å². The summed E-state index contributed by atoms with van der Waals surface area (Å²) in [6.45, 7) is 2.08. The number of alkyl halides is 3. The fourth-order valence-corrected chi connectivity index (χ4v) is 3.44. The monoisotopic (exact) mass is 427 g/mol. The zero-order valence-electron chi connectivity index (χ0n) is 15.8. The summed E-state index contributed by atoms with van der Waals surface area (Å²) < 4.78 is 43.8. The van der Waals surface area contributed by atoms with Gasteiger partial charge in [-0.05, 0) is 35.9 Å². The van der Waals surface area contributed by atoms with Crippen molar-refractivity contribution < 1.29 is 22.7 Å². The number of hydrogen-bond donors (Lipinski definition) is 1. The standard InChI is InChI=1S/C20H21ClF3N3O2/c1-29-18-6-5-14(11-17(18)21)13-25-19(28)27-9-7-26(8-10-27)16-4-2-3-15(12-16)20(22,23)24/h2-6,11-12H,7-10,13H2,1H3,(H,25,28). The minimum Gasteiger partial charge on any atom is -0.495 e. The lowest BCUT2D eigenvalue weighted by atomic mass is 10.1. The summed E-state index contributed by atoms with van der Waals surface area (Å²) in [5, 5.41) is 3.30. The molecule has 0 aliphatic carbocycles. The van der Waals surface area contributed by atoms with Crippen LogP contribution in [0.3, 0.4) is 0 Å². The Hall–Kier alpha value is -2.61. The van der Waals surface area contributed by atoms with E-state index in [9.17, 15) is 18.0 Å². The van der Waals surface area contributed by atoms with Crippen LogP contribution in [0.1, 0.15) is 11.1 Å². The average Bonchev–Trinajstić information content (AvgIpc) is 2.71. The molecule has 0 saturated carbocycles. The number of amides is 2. The van der Waals surface area contributed by atoms with Crippen molar-refractivity contribution in [1.29, 1.82) is 0 Å². The maximum atomic E-state index is 12.9. The van der Waals surface area contributed by atoms with E-state index < -0.39 is 11.7 Å². The van der Waals surface area contributed by atoms with E-state index in [1.807, 2.05) is 11.0 Å². The number of nitrogens with zero attached hydrogens (tertiary/aromatic N) is 2. The third kappa shape index (κ3) is 5.26. The van der Waals surface area contributed by atoms with Crippen molar-refractivity contribution in [2.45, 2.75) is 12.7 Å². The molecule has 0 spiro atoms. The Morgan fingerprint density at radius 2 is 1.86 bits per heavy atom. The molecule has 3 rings (SSSR count). The predicted molar refractivity (Wildman–Crippen MR) is 105 cm³/mol. The first kappa shape index (κ1) is 21.1. The van der Waals surface area contributed by atoms with Crippen molar-refractivity contribution in [1.82, 2.24) is 10.2 Å². The number of carbonyl (C=O) groups is 1. The van der Waals surface area contributed by atoms with Gasteiger partial charge in [-0.2, -0.15) is 13.2 Å². The Kier molecular flexibility index (Phi) is 6.42. The Labute approximate surface area is 172 Å². The van der Waals surface area contributed by atoms with Gasteiger partial charge in [0.05, 0.1) is 17.7 Å². The second-order valence-electron chi connectivity index (χ2n) is 6.65. The highest BCUT2D eigenvalue weighted by atomic mass is 35.5. The van der Waals surface area contributed by atoms with Crippen LogP contribution in [0.5, 0.6) is 5.75 Å². The van der Waals surface area contributed by atoms with E-state index in [1.54, 1.807) is 23.1 Å².